The van der Waals surface area contributed by atoms with Gasteiger partial charge >= 0.3 is 0 Å². The highest BCUT2D eigenvalue weighted by molar-refractivity contribution is 5.78. The van der Waals surface area contributed by atoms with Crippen molar-refractivity contribution in [3.63, 3.8) is 0 Å². The molecule has 0 aromatic heterocycles. The van der Waals surface area contributed by atoms with E-state index in [-0.39, 0.29) is 11.8 Å². The fraction of sp³-hybridized carbons (Fsp3) is 0.846. The van der Waals surface area contributed by atoms with Gasteiger partial charge in [-0.3, -0.25) is 9.69 Å². The first kappa shape index (κ1) is 14.0. The molecule has 0 aliphatic carbocycles. The van der Waals surface area contributed by atoms with Crippen LogP contribution in [0, 0.1) is 17.2 Å². The molecule has 1 amide bonds. The molecule has 1 aliphatic heterocycles. The van der Waals surface area contributed by atoms with Gasteiger partial charge in [0.15, 0.2) is 0 Å². The van der Waals surface area contributed by atoms with Crippen molar-refractivity contribution in [2.45, 2.75) is 45.6 Å². The quantitative estimate of drug-likeness (QED) is 0.582. The van der Waals surface area contributed by atoms with Crippen molar-refractivity contribution in [3.8, 4) is 6.07 Å². The number of unbranched alkanes of at least 4 members (excludes halogenated alkanes) is 1. The van der Waals surface area contributed by atoms with Crippen LogP contribution in [-0.2, 0) is 4.79 Å². The van der Waals surface area contributed by atoms with Gasteiger partial charge in [-0.25, -0.2) is 0 Å². The van der Waals surface area contributed by atoms with Crippen molar-refractivity contribution in [3.05, 3.63) is 0 Å². The van der Waals surface area contributed by atoms with Crippen molar-refractivity contribution in [1.82, 2.24) is 10.2 Å². The van der Waals surface area contributed by atoms with Crippen LogP contribution in [0.2, 0.25) is 0 Å². The summed E-state index contributed by atoms with van der Waals surface area (Å²) in [7, 11) is 0. The van der Waals surface area contributed by atoms with Gasteiger partial charge < -0.3 is 5.32 Å². The molecule has 17 heavy (non-hydrogen) atoms. The van der Waals surface area contributed by atoms with Crippen molar-refractivity contribution < 1.29 is 4.79 Å². The Labute approximate surface area is 104 Å². The van der Waals surface area contributed by atoms with Gasteiger partial charge in [-0.2, -0.15) is 5.26 Å². The second-order valence-electron chi connectivity index (χ2n) is 4.86. The third kappa shape index (κ3) is 4.35. The summed E-state index contributed by atoms with van der Waals surface area (Å²) in [6, 6.07) is 2.60. The zero-order valence-corrected chi connectivity index (χ0v) is 10.9. The lowest BCUT2D eigenvalue weighted by atomic mass is 9.92. The Hall–Kier alpha value is -1.08. The SMILES string of the molecule is CCCCNC(=O)[C@@H]1CC[C@@H](C)N(CC#N)C1. The third-order valence-electron chi connectivity index (χ3n) is 3.49. The molecule has 1 N–H and O–H groups in total. The van der Waals surface area contributed by atoms with Gasteiger partial charge in [0.2, 0.25) is 5.91 Å². The number of carbonyl (C=O) groups is 1. The highest BCUT2D eigenvalue weighted by Gasteiger charge is 2.29. The maximum absolute atomic E-state index is 11.9. The van der Waals surface area contributed by atoms with E-state index in [1.165, 1.54) is 0 Å². The lowest BCUT2D eigenvalue weighted by Gasteiger charge is -2.35. The van der Waals surface area contributed by atoms with Crippen molar-refractivity contribution in [2.24, 2.45) is 5.92 Å². The van der Waals surface area contributed by atoms with Crippen molar-refractivity contribution in [2.75, 3.05) is 19.6 Å². The average Bonchev–Trinajstić information content (AvgIpc) is 2.32. The molecule has 4 heteroatoms. The van der Waals surface area contributed by atoms with Gasteiger partial charge in [-0.05, 0) is 26.2 Å². The molecule has 2 atom stereocenters. The van der Waals surface area contributed by atoms with Gasteiger partial charge in [0.05, 0.1) is 18.5 Å². The van der Waals surface area contributed by atoms with E-state index in [2.05, 4.69) is 30.1 Å². The summed E-state index contributed by atoms with van der Waals surface area (Å²) in [5.74, 6) is 0.227. The summed E-state index contributed by atoms with van der Waals surface area (Å²) in [5.41, 5.74) is 0. The first-order valence-corrected chi connectivity index (χ1v) is 6.57. The van der Waals surface area contributed by atoms with Crippen LogP contribution in [0.15, 0.2) is 0 Å². The molecule has 0 spiro atoms. The molecule has 1 heterocycles. The number of nitriles is 1. The van der Waals surface area contributed by atoms with Gasteiger partial charge in [-0.15, -0.1) is 0 Å². The lowest BCUT2D eigenvalue weighted by Crippen LogP contribution is -2.47. The molecule has 1 rings (SSSR count). The number of carbonyl (C=O) groups excluding carboxylic acids is 1. The maximum atomic E-state index is 11.9. The third-order valence-corrected chi connectivity index (χ3v) is 3.49. The van der Waals surface area contributed by atoms with Crippen molar-refractivity contribution in [1.29, 1.82) is 5.26 Å². The Morgan fingerprint density at radius 3 is 2.94 bits per heavy atom. The monoisotopic (exact) mass is 237 g/mol. The van der Waals surface area contributed by atoms with Crippen LogP contribution in [0.25, 0.3) is 0 Å². The van der Waals surface area contributed by atoms with Gasteiger partial charge in [-0.1, -0.05) is 13.3 Å². The number of nitrogens with one attached hydrogen (secondary N) is 1. The summed E-state index contributed by atoms with van der Waals surface area (Å²) in [6.45, 7) is 6.18. The van der Waals surface area contributed by atoms with E-state index in [0.717, 1.165) is 38.8 Å². The second-order valence-corrected chi connectivity index (χ2v) is 4.86. The molecular weight excluding hydrogens is 214 g/mol. The molecular formula is C13H23N3O. The number of piperidine rings is 1. The highest BCUT2D eigenvalue weighted by Crippen LogP contribution is 2.21. The summed E-state index contributed by atoms with van der Waals surface area (Å²) in [5, 5.41) is 11.7. The van der Waals surface area contributed by atoms with E-state index in [9.17, 15) is 4.79 Å². The molecule has 1 saturated heterocycles. The summed E-state index contributed by atoms with van der Waals surface area (Å²) >= 11 is 0. The minimum Gasteiger partial charge on any atom is -0.356 e. The van der Waals surface area contributed by atoms with Crippen LogP contribution >= 0.6 is 0 Å². The van der Waals surface area contributed by atoms with Gasteiger partial charge in [0.1, 0.15) is 0 Å². The predicted molar refractivity (Wildman–Crippen MR) is 67.3 cm³/mol. The van der Waals surface area contributed by atoms with E-state index in [1.807, 2.05) is 0 Å². The zero-order valence-electron chi connectivity index (χ0n) is 10.9. The van der Waals surface area contributed by atoms with Crippen LogP contribution in [0.3, 0.4) is 0 Å². The molecule has 0 aromatic rings. The fourth-order valence-corrected chi connectivity index (χ4v) is 2.24. The lowest BCUT2D eigenvalue weighted by molar-refractivity contribution is -0.127. The average molecular weight is 237 g/mol. The van der Waals surface area contributed by atoms with Gasteiger partial charge in [0, 0.05) is 19.1 Å². The molecule has 96 valence electrons. The standard InChI is InChI=1S/C13H23N3O/c1-3-4-8-15-13(17)12-6-5-11(2)16(10-12)9-7-14/h11-12H,3-6,8-10H2,1-2H3,(H,15,17)/t11-,12-/m1/s1. The number of amides is 1. The minimum atomic E-state index is 0.0661. The number of nitrogens with zero attached hydrogens (tertiary/aromatic N) is 2. The Bertz CT molecular complexity index is 285. The van der Waals surface area contributed by atoms with E-state index in [1.54, 1.807) is 0 Å². The molecule has 1 aliphatic rings. The van der Waals surface area contributed by atoms with Crippen molar-refractivity contribution >= 4 is 5.91 Å². The normalized spacial score (nSPS) is 25.2. The van der Waals surface area contributed by atoms with Gasteiger partial charge in [0.25, 0.3) is 0 Å². The summed E-state index contributed by atoms with van der Waals surface area (Å²) in [4.78, 5) is 14.0. The van der Waals surface area contributed by atoms with Crippen LogP contribution in [0.4, 0.5) is 0 Å². The molecule has 0 radical (unpaired) electrons. The smallest absolute Gasteiger partial charge is 0.224 e. The summed E-state index contributed by atoms with van der Waals surface area (Å²) < 4.78 is 0. The largest absolute Gasteiger partial charge is 0.356 e. The van der Waals surface area contributed by atoms with E-state index in [0.29, 0.717) is 12.6 Å². The Morgan fingerprint density at radius 2 is 2.29 bits per heavy atom. The van der Waals surface area contributed by atoms with Crippen LogP contribution in [-0.4, -0.2) is 36.5 Å². The van der Waals surface area contributed by atoms with E-state index in [4.69, 9.17) is 5.26 Å². The number of rotatable bonds is 5. The molecule has 0 saturated carbocycles. The fourth-order valence-electron chi connectivity index (χ4n) is 2.24. The Morgan fingerprint density at radius 1 is 1.53 bits per heavy atom. The number of likely N-dealkylation sites (tertiary alicyclic amines) is 1. The highest BCUT2D eigenvalue weighted by atomic mass is 16.1. The second kappa shape index (κ2) is 7.29. The van der Waals surface area contributed by atoms with Crippen LogP contribution in [0.5, 0.6) is 0 Å². The van der Waals surface area contributed by atoms with E-state index < -0.39 is 0 Å². The molecule has 1 fully saturated rings. The molecule has 4 nitrogen and oxygen atoms in total. The topological polar surface area (TPSA) is 56.1 Å². The first-order valence-electron chi connectivity index (χ1n) is 6.57. The number of hydrogen-bond donors (Lipinski definition) is 1. The maximum Gasteiger partial charge on any atom is 0.224 e. The summed E-state index contributed by atoms with van der Waals surface area (Å²) in [6.07, 6.45) is 4.09. The number of hydrogen-bond acceptors (Lipinski definition) is 3. The first-order chi connectivity index (χ1) is 8.19. The molecule has 0 aromatic carbocycles. The molecule has 0 unspecified atom stereocenters. The van der Waals surface area contributed by atoms with E-state index >= 15 is 0 Å². The van der Waals surface area contributed by atoms with Crippen LogP contribution < -0.4 is 5.32 Å². The minimum absolute atomic E-state index is 0.0661. The predicted octanol–water partition coefficient (Wildman–Crippen LogP) is 1.53. The Kier molecular flexibility index (Phi) is 5.99. The van der Waals surface area contributed by atoms with Crippen LogP contribution in [0.1, 0.15) is 39.5 Å². The Balaban J connectivity index is 2.39. The molecule has 0 bridgehead atoms. The zero-order chi connectivity index (χ0) is 12.7.